The molecule has 21 heavy (non-hydrogen) atoms. The maximum absolute atomic E-state index is 6.57. The number of hydrogen-bond donors (Lipinski definition) is 0. The first kappa shape index (κ1) is 14.1. The van der Waals surface area contributed by atoms with E-state index in [2.05, 4.69) is 73.3 Å². The Morgan fingerprint density at radius 3 is 2.00 bits per heavy atom. The summed E-state index contributed by atoms with van der Waals surface area (Å²) in [6, 6.07) is 21.3. The first-order valence-corrected chi connectivity index (χ1v) is 9.37. The SMILES string of the molecule is C=CC1=CCCCO[Si]1(c1ccccc1)c1ccccc1. The van der Waals surface area contributed by atoms with E-state index in [9.17, 15) is 0 Å². The van der Waals surface area contributed by atoms with Gasteiger partial charge in [0, 0.05) is 6.61 Å². The lowest BCUT2D eigenvalue weighted by molar-refractivity contribution is 0.319. The molecule has 0 N–H and O–H groups in total. The van der Waals surface area contributed by atoms with Crippen molar-refractivity contribution in [3.8, 4) is 0 Å². The number of hydrogen-bond acceptors (Lipinski definition) is 1. The van der Waals surface area contributed by atoms with Crippen LogP contribution in [0.5, 0.6) is 0 Å². The van der Waals surface area contributed by atoms with Gasteiger partial charge in [0.25, 0.3) is 8.32 Å². The Labute approximate surface area is 127 Å². The van der Waals surface area contributed by atoms with Crippen LogP contribution in [0.1, 0.15) is 12.8 Å². The van der Waals surface area contributed by atoms with Gasteiger partial charge in [-0.25, -0.2) is 0 Å². The first-order valence-electron chi connectivity index (χ1n) is 7.46. The standard InChI is InChI=1S/C19H20OSi/c1-2-17-11-9-10-16-20-21(17,18-12-5-3-6-13-18)19-14-7-4-8-15-19/h2-8,11-15H,1,9-10,16H2. The maximum Gasteiger partial charge on any atom is 0.287 e. The number of benzene rings is 2. The Balaban J connectivity index is 2.26. The van der Waals surface area contributed by atoms with Crippen LogP contribution < -0.4 is 10.4 Å². The molecular formula is C19H20OSi. The molecule has 0 saturated carbocycles. The minimum atomic E-state index is -2.37. The van der Waals surface area contributed by atoms with E-state index in [-0.39, 0.29) is 0 Å². The molecule has 0 fully saturated rings. The van der Waals surface area contributed by atoms with E-state index in [0.29, 0.717) is 0 Å². The third-order valence-corrected chi connectivity index (χ3v) is 8.17. The predicted molar refractivity (Wildman–Crippen MR) is 91.4 cm³/mol. The van der Waals surface area contributed by atoms with Gasteiger partial charge in [0.15, 0.2) is 0 Å². The van der Waals surface area contributed by atoms with Crippen LogP contribution in [-0.2, 0) is 4.43 Å². The summed E-state index contributed by atoms with van der Waals surface area (Å²) < 4.78 is 6.57. The summed E-state index contributed by atoms with van der Waals surface area (Å²) in [4.78, 5) is 0. The van der Waals surface area contributed by atoms with Crippen molar-refractivity contribution in [1.82, 2.24) is 0 Å². The topological polar surface area (TPSA) is 9.23 Å². The lowest BCUT2D eigenvalue weighted by atomic mass is 10.3. The molecule has 106 valence electrons. The molecule has 1 heterocycles. The van der Waals surface area contributed by atoms with Gasteiger partial charge in [0.1, 0.15) is 0 Å². The molecule has 0 amide bonds. The van der Waals surface area contributed by atoms with Gasteiger partial charge in [-0.05, 0) is 28.4 Å². The van der Waals surface area contributed by atoms with Crippen LogP contribution in [-0.4, -0.2) is 14.9 Å². The van der Waals surface area contributed by atoms with E-state index in [0.717, 1.165) is 19.4 Å². The van der Waals surface area contributed by atoms with E-state index in [4.69, 9.17) is 4.43 Å². The Hall–Kier alpha value is -1.90. The highest BCUT2D eigenvalue weighted by Gasteiger charge is 2.42. The zero-order chi connectivity index (χ0) is 14.5. The number of rotatable bonds is 3. The second kappa shape index (κ2) is 6.25. The minimum Gasteiger partial charge on any atom is -0.404 e. The summed E-state index contributed by atoms with van der Waals surface area (Å²) in [6.07, 6.45) is 6.46. The summed E-state index contributed by atoms with van der Waals surface area (Å²) in [6.45, 7) is 4.87. The van der Waals surface area contributed by atoms with Crippen molar-refractivity contribution < 1.29 is 4.43 Å². The average Bonchev–Trinajstić information content (AvgIpc) is 2.79. The summed E-state index contributed by atoms with van der Waals surface area (Å²) in [7, 11) is -2.37. The molecule has 1 aliphatic heterocycles. The van der Waals surface area contributed by atoms with Crippen LogP contribution in [0.2, 0.25) is 0 Å². The van der Waals surface area contributed by atoms with Crippen LogP contribution in [0.3, 0.4) is 0 Å². The monoisotopic (exact) mass is 292 g/mol. The molecule has 1 aliphatic rings. The minimum absolute atomic E-state index is 0.809. The van der Waals surface area contributed by atoms with Gasteiger partial charge in [-0.2, -0.15) is 0 Å². The Kier molecular flexibility index (Phi) is 4.18. The van der Waals surface area contributed by atoms with Gasteiger partial charge in [0.05, 0.1) is 0 Å². The fourth-order valence-corrected chi connectivity index (χ4v) is 7.03. The molecule has 0 radical (unpaired) electrons. The third kappa shape index (κ3) is 2.52. The first-order chi connectivity index (χ1) is 10.4. The van der Waals surface area contributed by atoms with Crippen molar-refractivity contribution in [2.24, 2.45) is 0 Å². The van der Waals surface area contributed by atoms with Crippen molar-refractivity contribution in [2.45, 2.75) is 12.8 Å². The van der Waals surface area contributed by atoms with Crippen LogP contribution in [0.25, 0.3) is 0 Å². The zero-order valence-electron chi connectivity index (χ0n) is 12.2. The van der Waals surface area contributed by atoms with E-state index >= 15 is 0 Å². The maximum atomic E-state index is 6.57. The summed E-state index contributed by atoms with van der Waals surface area (Å²) in [5.74, 6) is 0. The largest absolute Gasteiger partial charge is 0.404 e. The average molecular weight is 292 g/mol. The smallest absolute Gasteiger partial charge is 0.287 e. The van der Waals surface area contributed by atoms with Gasteiger partial charge in [-0.1, -0.05) is 79.4 Å². The molecule has 2 heteroatoms. The van der Waals surface area contributed by atoms with Gasteiger partial charge in [-0.3, -0.25) is 0 Å². The van der Waals surface area contributed by atoms with Gasteiger partial charge < -0.3 is 4.43 Å². The molecule has 0 saturated heterocycles. The van der Waals surface area contributed by atoms with Crippen molar-refractivity contribution in [2.75, 3.05) is 6.61 Å². The molecule has 0 aromatic heterocycles. The predicted octanol–water partition coefficient (Wildman–Crippen LogP) is 3.21. The molecule has 0 atom stereocenters. The normalized spacial score (nSPS) is 17.6. The quantitative estimate of drug-likeness (QED) is 0.789. The van der Waals surface area contributed by atoms with Crippen molar-refractivity contribution in [1.29, 1.82) is 0 Å². The molecule has 0 bridgehead atoms. The Morgan fingerprint density at radius 2 is 1.48 bits per heavy atom. The lowest BCUT2D eigenvalue weighted by Crippen LogP contribution is -2.62. The molecule has 0 aliphatic carbocycles. The van der Waals surface area contributed by atoms with Crippen molar-refractivity contribution >= 4 is 18.7 Å². The van der Waals surface area contributed by atoms with Crippen LogP contribution in [0.15, 0.2) is 84.6 Å². The van der Waals surface area contributed by atoms with E-state index in [1.807, 2.05) is 6.08 Å². The molecule has 2 aromatic carbocycles. The summed E-state index contributed by atoms with van der Waals surface area (Å²) in [5, 5.41) is 3.87. The second-order valence-electron chi connectivity index (χ2n) is 5.27. The number of allylic oxidation sites excluding steroid dienone is 3. The fraction of sp³-hybridized carbons (Fsp3) is 0.158. The zero-order valence-corrected chi connectivity index (χ0v) is 13.2. The van der Waals surface area contributed by atoms with E-state index in [1.54, 1.807) is 0 Å². The van der Waals surface area contributed by atoms with Gasteiger partial charge in [-0.15, -0.1) is 0 Å². The summed E-state index contributed by atoms with van der Waals surface area (Å²) >= 11 is 0. The molecule has 2 aromatic rings. The highest BCUT2D eigenvalue weighted by atomic mass is 28.4. The molecule has 1 nitrogen and oxygen atoms in total. The lowest BCUT2D eigenvalue weighted by Gasteiger charge is -2.32. The molecule has 0 spiro atoms. The molecule has 0 unspecified atom stereocenters. The van der Waals surface area contributed by atoms with Crippen LogP contribution in [0.4, 0.5) is 0 Å². The second-order valence-corrected chi connectivity index (χ2v) is 8.65. The fourth-order valence-electron chi connectivity index (χ4n) is 3.03. The summed E-state index contributed by atoms with van der Waals surface area (Å²) in [5.41, 5.74) is 0. The van der Waals surface area contributed by atoms with Gasteiger partial charge >= 0.3 is 0 Å². The Morgan fingerprint density at radius 1 is 0.905 bits per heavy atom. The third-order valence-electron chi connectivity index (χ3n) is 4.02. The molecule has 3 rings (SSSR count). The van der Waals surface area contributed by atoms with Crippen LogP contribution in [0, 0.1) is 0 Å². The van der Waals surface area contributed by atoms with Gasteiger partial charge in [0.2, 0.25) is 0 Å². The molecular weight excluding hydrogens is 272 g/mol. The van der Waals surface area contributed by atoms with Crippen LogP contribution >= 0.6 is 0 Å². The van der Waals surface area contributed by atoms with Crippen molar-refractivity contribution in [3.63, 3.8) is 0 Å². The highest BCUT2D eigenvalue weighted by molar-refractivity contribution is 7.03. The van der Waals surface area contributed by atoms with E-state index in [1.165, 1.54) is 15.6 Å². The van der Waals surface area contributed by atoms with E-state index < -0.39 is 8.32 Å². The Bertz CT molecular complexity index is 592. The highest BCUT2D eigenvalue weighted by Crippen LogP contribution is 2.23. The van der Waals surface area contributed by atoms with Crippen molar-refractivity contribution in [3.05, 3.63) is 84.6 Å².